The molecule has 1 aliphatic rings. The molecule has 0 aliphatic carbocycles. The van der Waals surface area contributed by atoms with Crippen molar-refractivity contribution in [2.24, 2.45) is 0 Å². The van der Waals surface area contributed by atoms with Crippen molar-refractivity contribution in [3.63, 3.8) is 0 Å². The van der Waals surface area contributed by atoms with Crippen molar-refractivity contribution in [3.8, 4) is 0 Å². The molecule has 3 aromatic heterocycles. The molecular formula is C27H30F2N6O2. The summed E-state index contributed by atoms with van der Waals surface area (Å²) >= 11 is 0. The molecule has 0 bridgehead atoms. The Kier molecular flexibility index (Phi) is 7.47. The van der Waals surface area contributed by atoms with E-state index in [1.54, 1.807) is 0 Å². The number of fused-ring (bicyclic) bond motifs is 1. The Morgan fingerprint density at radius 2 is 1.78 bits per heavy atom. The van der Waals surface area contributed by atoms with Gasteiger partial charge >= 0.3 is 5.97 Å². The number of carboxylic acids is 1. The molecule has 0 spiro atoms. The van der Waals surface area contributed by atoms with E-state index in [1.807, 2.05) is 17.0 Å². The van der Waals surface area contributed by atoms with Crippen LogP contribution in [0.4, 0.5) is 14.7 Å². The smallest absolute Gasteiger partial charge is 0.335 e. The topological polar surface area (TPSA) is 97.0 Å². The van der Waals surface area contributed by atoms with Gasteiger partial charge in [-0.25, -0.2) is 33.5 Å². The highest BCUT2D eigenvalue weighted by Gasteiger charge is 2.26. The molecule has 4 aromatic rings. The zero-order valence-electron chi connectivity index (χ0n) is 20.0. The number of anilines is 1. The molecule has 1 aromatic carbocycles. The van der Waals surface area contributed by atoms with Crippen molar-refractivity contribution >= 4 is 23.0 Å². The van der Waals surface area contributed by atoms with Gasteiger partial charge in [-0.05, 0) is 42.0 Å². The van der Waals surface area contributed by atoms with E-state index in [-0.39, 0.29) is 36.4 Å². The van der Waals surface area contributed by atoms with Crippen LogP contribution in [0.3, 0.4) is 0 Å². The Morgan fingerprint density at radius 3 is 2.41 bits per heavy atom. The number of hydrogen-bond acceptors (Lipinski definition) is 6. The van der Waals surface area contributed by atoms with E-state index in [9.17, 15) is 9.18 Å². The second-order valence-electron chi connectivity index (χ2n) is 9.38. The molecular weight excluding hydrogens is 478 g/mol. The lowest BCUT2D eigenvalue weighted by atomic mass is 10.0. The van der Waals surface area contributed by atoms with E-state index in [4.69, 9.17) is 5.11 Å². The molecule has 8 nitrogen and oxygen atoms in total. The third kappa shape index (κ3) is 5.14. The molecule has 0 radical (unpaired) electrons. The van der Waals surface area contributed by atoms with E-state index in [1.165, 1.54) is 24.7 Å². The average Bonchev–Trinajstić information content (AvgIpc) is 3.22. The van der Waals surface area contributed by atoms with Gasteiger partial charge in [0, 0.05) is 44.1 Å². The van der Waals surface area contributed by atoms with Crippen molar-refractivity contribution in [1.82, 2.24) is 24.5 Å². The summed E-state index contributed by atoms with van der Waals surface area (Å²) in [6, 6.07) is 3.73. The van der Waals surface area contributed by atoms with Crippen molar-refractivity contribution in [3.05, 3.63) is 77.1 Å². The fourth-order valence-electron chi connectivity index (χ4n) is 4.65. The fourth-order valence-corrected chi connectivity index (χ4v) is 4.65. The van der Waals surface area contributed by atoms with Crippen molar-refractivity contribution in [2.75, 3.05) is 18.0 Å². The number of benzene rings is 1. The molecule has 0 amide bonds. The average molecular weight is 509 g/mol. The third-order valence-corrected chi connectivity index (χ3v) is 6.77. The number of aromatic nitrogens is 5. The highest BCUT2D eigenvalue weighted by atomic mass is 19.1. The summed E-state index contributed by atoms with van der Waals surface area (Å²) < 4.78 is 31.5. The third-order valence-electron chi connectivity index (χ3n) is 6.77. The lowest BCUT2D eigenvalue weighted by molar-refractivity contribution is 0.0696. The van der Waals surface area contributed by atoms with Gasteiger partial charge in [0.2, 0.25) is 5.95 Å². The van der Waals surface area contributed by atoms with E-state index < -0.39 is 17.6 Å². The first-order valence-electron chi connectivity index (χ1n) is 11.9. The Bertz CT molecular complexity index is 1410. The van der Waals surface area contributed by atoms with Crippen LogP contribution in [0, 0.1) is 11.6 Å². The monoisotopic (exact) mass is 508 g/mol. The van der Waals surface area contributed by atoms with Gasteiger partial charge in [0.15, 0.2) is 5.82 Å². The van der Waals surface area contributed by atoms with Gasteiger partial charge in [-0.15, -0.1) is 0 Å². The second kappa shape index (κ2) is 10.6. The van der Waals surface area contributed by atoms with Gasteiger partial charge < -0.3 is 14.6 Å². The Hall–Kier alpha value is -3.95. The van der Waals surface area contributed by atoms with Crippen LogP contribution in [0.25, 0.3) is 11.0 Å². The summed E-state index contributed by atoms with van der Waals surface area (Å²) in [5.41, 5.74) is 2.01. The van der Waals surface area contributed by atoms with Gasteiger partial charge in [0.1, 0.15) is 17.8 Å². The number of rotatable bonds is 6. The van der Waals surface area contributed by atoms with Crippen LogP contribution in [0.2, 0.25) is 0 Å². The molecule has 4 heterocycles. The summed E-state index contributed by atoms with van der Waals surface area (Å²) in [4.78, 5) is 30.8. The lowest BCUT2D eigenvalue weighted by Crippen LogP contribution is -2.35. The molecule has 1 fully saturated rings. The SMILES string of the molecule is C.CC(C)c1cnc(N2CCC(n3cc(F)c4c(Cc5ccc(C(=O)O)cc5F)ncnc43)CC2)nc1. The Balaban J connectivity index is 0.00000320. The van der Waals surface area contributed by atoms with E-state index in [2.05, 4.69) is 38.7 Å². The first-order valence-corrected chi connectivity index (χ1v) is 11.9. The number of hydrogen-bond donors (Lipinski definition) is 1. The number of halogens is 2. The number of nitrogens with zero attached hydrogens (tertiary/aromatic N) is 6. The maximum Gasteiger partial charge on any atom is 0.335 e. The minimum atomic E-state index is -1.21. The molecule has 1 N–H and O–H groups in total. The van der Waals surface area contributed by atoms with Crippen LogP contribution in [0.1, 0.15) is 73.3 Å². The molecule has 0 unspecified atom stereocenters. The van der Waals surface area contributed by atoms with Crippen LogP contribution in [-0.2, 0) is 6.42 Å². The Labute approximate surface area is 214 Å². The van der Waals surface area contributed by atoms with Gasteiger partial charge in [0.05, 0.1) is 16.6 Å². The van der Waals surface area contributed by atoms with E-state index >= 15 is 4.39 Å². The van der Waals surface area contributed by atoms with Gasteiger partial charge in [-0.1, -0.05) is 27.3 Å². The molecule has 37 heavy (non-hydrogen) atoms. The summed E-state index contributed by atoms with van der Waals surface area (Å²) in [5, 5.41) is 9.32. The zero-order valence-corrected chi connectivity index (χ0v) is 20.0. The number of piperidine rings is 1. The summed E-state index contributed by atoms with van der Waals surface area (Å²) in [7, 11) is 0. The number of carboxylic acid groups (broad SMARTS) is 1. The van der Waals surface area contributed by atoms with Crippen molar-refractivity contribution in [2.45, 2.75) is 52.5 Å². The standard InChI is InChI=1S/C26H26F2N6O2.CH4/c1-15(2)18-11-29-26(30-12-18)33-7-5-19(6-8-33)34-13-21(28)23-22(31-14-32-24(23)34)10-16-3-4-17(25(35)36)9-20(16)27;/h3-4,9,11-15,19H,5-8,10H2,1-2H3,(H,35,36);1H4. The summed E-state index contributed by atoms with van der Waals surface area (Å²) in [6.45, 7) is 5.66. The maximum atomic E-state index is 15.1. The molecule has 0 atom stereocenters. The molecule has 194 valence electrons. The number of aromatic carboxylic acids is 1. The first-order chi connectivity index (χ1) is 17.3. The highest BCUT2D eigenvalue weighted by molar-refractivity contribution is 5.87. The quantitative estimate of drug-likeness (QED) is 0.373. The zero-order chi connectivity index (χ0) is 25.4. The van der Waals surface area contributed by atoms with Gasteiger partial charge in [-0.3, -0.25) is 0 Å². The predicted octanol–water partition coefficient (Wildman–Crippen LogP) is 5.39. The van der Waals surface area contributed by atoms with Crippen LogP contribution in [0.15, 0.2) is 43.1 Å². The maximum absolute atomic E-state index is 15.1. The fraction of sp³-hybridized carbons (Fsp3) is 0.370. The van der Waals surface area contributed by atoms with Crippen molar-refractivity contribution < 1.29 is 18.7 Å². The minimum absolute atomic E-state index is 0. The summed E-state index contributed by atoms with van der Waals surface area (Å²) in [5.74, 6) is -1.27. The number of carbonyl (C=O) groups is 1. The van der Waals surface area contributed by atoms with Crippen LogP contribution >= 0.6 is 0 Å². The Morgan fingerprint density at radius 1 is 1.08 bits per heavy atom. The highest BCUT2D eigenvalue weighted by Crippen LogP contribution is 2.31. The molecule has 5 rings (SSSR count). The predicted molar refractivity (Wildman–Crippen MR) is 137 cm³/mol. The van der Waals surface area contributed by atoms with E-state index in [0.717, 1.165) is 37.6 Å². The molecule has 0 saturated carbocycles. The molecule has 1 saturated heterocycles. The minimum Gasteiger partial charge on any atom is -0.478 e. The summed E-state index contributed by atoms with van der Waals surface area (Å²) in [6.07, 6.45) is 8.09. The van der Waals surface area contributed by atoms with Gasteiger partial charge in [-0.2, -0.15) is 0 Å². The molecule has 1 aliphatic heterocycles. The van der Waals surface area contributed by atoms with Gasteiger partial charge in [0.25, 0.3) is 0 Å². The van der Waals surface area contributed by atoms with Crippen LogP contribution in [-0.4, -0.2) is 48.7 Å². The van der Waals surface area contributed by atoms with Crippen LogP contribution < -0.4 is 4.90 Å². The van der Waals surface area contributed by atoms with Crippen LogP contribution in [0.5, 0.6) is 0 Å². The van der Waals surface area contributed by atoms with Crippen molar-refractivity contribution in [1.29, 1.82) is 0 Å². The largest absolute Gasteiger partial charge is 0.478 e. The van der Waals surface area contributed by atoms with E-state index in [0.29, 0.717) is 23.2 Å². The second-order valence-corrected chi connectivity index (χ2v) is 9.38. The first kappa shape index (κ1) is 26.1. The lowest BCUT2D eigenvalue weighted by Gasteiger charge is -2.32. The molecule has 10 heteroatoms. The normalized spacial score (nSPS) is 14.2.